The summed E-state index contributed by atoms with van der Waals surface area (Å²) in [5.74, 6) is 0. The van der Waals surface area contributed by atoms with Crippen LogP contribution in [0.2, 0.25) is 25.2 Å². The van der Waals surface area contributed by atoms with Crippen LogP contribution in [0.4, 0.5) is 0 Å². The Labute approximate surface area is 175 Å². The van der Waals surface area contributed by atoms with Crippen molar-refractivity contribution in [2.24, 2.45) is 0 Å². The first-order chi connectivity index (χ1) is 13.4. The fourth-order valence-corrected chi connectivity index (χ4v) is 8.52. The van der Waals surface area contributed by atoms with Gasteiger partial charge in [0, 0.05) is 26.4 Å². The van der Waals surface area contributed by atoms with Gasteiger partial charge >= 0.3 is 17.1 Å². The van der Waals surface area contributed by atoms with Crippen LogP contribution in [0.3, 0.4) is 0 Å². The summed E-state index contributed by atoms with van der Waals surface area (Å²) in [6.45, 7) is 15.5. The van der Waals surface area contributed by atoms with Gasteiger partial charge in [0.2, 0.25) is 0 Å². The highest BCUT2D eigenvalue weighted by Gasteiger charge is 2.30. The third-order valence-electron chi connectivity index (χ3n) is 5.01. The Balaban J connectivity index is 2.42. The highest BCUT2D eigenvalue weighted by Crippen LogP contribution is 2.20. The first kappa shape index (κ1) is 25.5. The van der Waals surface area contributed by atoms with Crippen LogP contribution in [0.5, 0.6) is 0 Å². The molecule has 0 aromatic heterocycles. The summed E-state index contributed by atoms with van der Waals surface area (Å²) < 4.78 is 23.7. The Morgan fingerprint density at radius 1 is 0.571 bits per heavy atom. The zero-order chi connectivity index (χ0) is 20.9. The number of hydrogen-bond donors (Lipinski definition) is 0. The lowest BCUT2D eigenvalue weighted by Gasteiger charge is -2.26. The molecule has 0 aliphatic carbocycles. The Morgan fingerprint density at radius 2 is 0.857 bits per heavy atom. The number of rotatable bonds is 16. The molecule has 1 aromatic carbocycles. The van der Waals surface area contributed by atoms with Crippen LogP contribution >= 0.6 is 0 Å². The quantitative estimate of drug-likeness (QED) is 0.311. The molecule has 1 rings (SSSR count). The van der Waals surface area contributed by atoms with Crippen LogP contribution in [0.15, 0.2) is 24.3 Å². The van der Waals surface area contributed by atoms with Crippen LogP contribution in [-0.2, 0) is 30.5 Å². The largest absolute Gasteiger partial charge is 0.395 e. The van der Waals surface area contributed by atoms with Gasteiger partial charge in [-0.25, -0.2) is 0 Å². The molecule has 1 aromatic rings. The minimum atomic E-state index is -1.98. The molecule has 0 amide bonds. The summed E-state index contributed by atoms with van der Waals surface area (Å²) in [7, 11) is -3.97. The van der Waals surface area contributed by atoms with E-state index in [1.165, 1.54) is 11.1 Å². The van der Waals surface area contributed by atoms with E-state index in [-0.39, 0.29) is 0 Å². The molecule has 0 aliphatic rings. The molecule has 0 unspecified atom stereocenters. The van der Waals surface area contributed by atoms with Gasteiger partial charge in [0.1, 0.15) is 0 Å². The Hall–Kier alpha value is -0.506. The summed E-state index contributed by atoms with van der Waals surface area (Å²) in [5.41, 5.74) is 2.80. The Morgan fingerprint density at radius 3 is 1.11 bits per heavy atom. The van der Waals surface area contributed by atoms with Crippen molar-refractivity contribution in [2.75, 3.05) is 26.4 Å². The van der Waals surface area contributed by atoms with Gasteiger partial charge in [-0.05, 0) is 89.7 Å². The van der Waals surface area contributed by atoms with Gasteiger partial charge in [-0.3, -0.25) is 0 Å². The topological polar surface area (TPSA) is 36.9 Å². The molecule has 28 heavy (non-hydrogen) atoms. The van der Waals surface area contributed by atoms with Gasteiger partial charge in [0.25, 0.3) is 0 Å². The average Bonchev–Trinajstić information content (AvgIpc) is 2.64. The van der Waals surface area contributed by atoms with Gasteiger partial charge in [0.15, 0.2) is 0 Å². The summed E-state index contributed by atoms with van der Waals surface area (Å²) in [5, 5.41) is 0. The molecule has 0 spiro atoms. The Bertz CT molecular complexity index is 463. The number of aryl methyl sites for hydroxylation is 2. The van der Waals surface area contributed by atoms with Crippen molar-refractivity contribution >= 4 is 17.1 Å². The third-order valence-corrected chi connectivity index (χ3v) is 11.1. The molecular weight excluding hydrogens is 384 g/mol. The summed E-state index contributed by atoms with van der Waals surface area (Å²) in [6.07, 6.45) is 4.41. The van der Waals surface area contributed by atoms with Gasteiger partial charge in [-0.15, -0.1) is 0 Å². The maximum Gasteiger partial charge on any atom is 0.334 e. The van der Waals surface area contributed by atoms with Gasteiger partial charge < -0.3 is 17.7 Å². The van der Waals surface area contributed by atoms with Crippen molar-refractivity contribution in [3.8, 4) is 0 Å². The van der Waals surface area contributed by atoms with E-state index in [1.807, 2.05) is 0 Å². The molecular formula is C22H42O4Si2. The number of hydrogen-bond acceptors (Lipinski definition) is 4. The predicted octanol–water partition coefficient (Wildman–Crippen LogP) is 5.84. The second kappa shape index (κ2) is 13.7. The highest BCUT2D eigenvalue weighted by atomic mass is 28.4. The van der Waals surface area contributed by atoms with Crippen molar-refractivity contribution in [3.63, 3.8) is 0 Å². The molecule has 0 fully saturated rings. The summed E-state index contributed by atoms with van der Waals surface area (Å²) in [6, 6.07) is 11.2. The average molecular weight is 427 g/mol. The van der Waals surface area contributed by atoms with E-state index in [0.29, 0.717) is 0 Å². The lowest BCUT2D eigenvalue weighted by atomic mass is 10.1. The van der Waals surface area contributed by atoms with Crippen molar-refractivity contribution < 1.29 is 17.7 Å². The standard InChI is InChI=1S/C22H42O4Si2/c1-7-23-27(5,24-8-2)19-11-13-21-15-17-22(18-16-21)14-12-20-28(6,25-9-3)26-10-4/h15-18H,7-14,19-20H2,1-6H3. The van der Waals surface area contributed by atoms with Crippen LogP contribution in [0.1, 0.15) is 51.7 Å². The maximum absolute atomic E-state index is 5.93. The van der Waals surface area contributed by atoms with Crippen molar-refractivity contribution in [1.29, 1.82) is 0 Å². The van der Waals surface area contributed by atoms with Crippen molar-refractivity contribution in [2.45, 2.75) is 78.6 Å². The minimum Gasteiger partial charge on any atom is -0.395 e. The van der Waals surface area contributed by atoms with Gasteiger partial charge in [0.05, 0.1) is 0 Å². The molecule has 0 bridgehead atoms. The van der Waals surface area contributed by atoms with E-state index in [1.54, 1.807) is 0 Å². The molecule has 4 nitrogen and oxygen atoms in total. The molecule has 162 valence electrons. The zero-order valence-electron chi connectivity index (χ0n) is 19.0. The molecule has 0 atom stereocenters. The first-order valence-electron chi connectivity index (χ1n) is 11.0. The fourth-order valence-electron chi connectivity index (χ4n) is 3.69. The zero-order valence-corrected chi connectivity index (χ0v) is 21.0. The van der Waals surface area contributed by atoms with E-state index in [4.69, 9.17) is 17.7 Å². The van der Waals surface area contributed by atoms with Gasteiger partial charge in [-0.1, -0.05) is 24.3 Å². The molecule has 0 aliphatic heterocycles. The van der Waals surface area contributed by atoms with Gasteiger partial charge in [-0.2, -0.15) is 0 Å². The molecule has 0 heterocycles. The van der Waals surface area contributed by atoms with E-state index in [2.05, 4.69) is 65.1 Å². The second-order valence-electron chi connectivity index (χ2n) is 7.52. The SMILES string of the molecule is CCO[Si](C)(CCCc1ccc(CCC[Si](C)(OCC)OCC)cc1)OCC. The van der Waals surface area contributed by atoms with Crippen molar-refractivity contribution in [1.82, 2.24) is 0 Å². The molecule has 0 saturated heterocycles. The van der Waals surface area contributed by atoms with Crippen LogP contribution in [-0.4, -0.2) is 43.5 Å². The van der Waals surface area contributed by atoms with E-state index in [9.17, 15) is 0 Å². The van der Waals surface area contributed by atoms with Crippen molar-refractivity contribution in [3.05, 3.63) is 35.4 Å². The maximum atomic E-state index is 5.93. The normalized spacial score (nSPS) is 12.5. The van der Waals surface area contributed by atoms with E-state index < -0.39 is 17.1 Å². The number of benzene rings is 1. The smallest absolute Gasteiger partial charge is 0.334 e. The molecule has 6 heteroatoms. The van der Waals surface area contributed by atoms with E-state index >= 15 is 0 Å². The van der Waals surface area contributed by atoms with Crippen LogP contribution in [0, 0.1) is 0 Å². The fraction of sp³-hybridized carbons (Fsp3) is 0.727. The lowest BCUT2D eigenvalue weighted by Crippen LogP contribution is -2.38. The predicted molar refractivity (Wildman–Crippen MR) is 122 cm³/mol. The first-order valence-corrected chi connectivity index (χ1v) is 16.1. The molecule has 0 N–H and O–H groups in total. The monoisotopic (exact) mass is 426 g/mol. The van der Waals surface area contributed by atoms with Crippen LogP contribution in [0.25, 0.3) is 0 Å². The lowest BCUT2D eigenvalue weighted by molar-refractivity contribution is 0.187. The summed E-state index contributed by atoms with van der Waals surface area (Å²) >= 11 is 0. The molecule has 0 saturated carbocycles. The van der Waals surface area contributed by atoms with E-state index in [0.717, 1.165) is 64.2 Å². The summed E-state index contributed by atoms with van der Waals surface area (Å²) in [4.78, 5) is 0. The minimum absolute atomic E-state index is 0.742. The second-order valence-corrected chi connectivity index (χ2v) is 14.2. The third kappa shape index (κ3) is 9.81. The highest BCUT2D eigenvalue weighted by molar-refractivity contribution is 6.66. The Kier molecular flexibility index (Phi) is 12.5. The van der Waals surface area contributed by atoms with Crippen LogP contribution < -0.4 is 0 Å². The molecule has 0 radical (unpaired) electrons.